The van der Waals surface area contributed by atoms with Gasteiger partial charge in [0.05, 0.1) is 6.61 Å². The lowest BCUT2D eigenvalue weighted by atomic mass is 10.1. The number of ether oxygens (including phenoxy) is 3. The minimum absolute atomic E-state index is 0.237. The third-order valence-electron chi connectivity index (χ3n) is 3.33. The van der Waals surface area contributed by atoms with Crippen LogP contribution in [-0.2, 0) is 19.0 Å². The molecular formula is C14H19NO5. The molecule has 0 radical (unpaired) electrons. The SMILES string of the molecule is CO[C@@H]1CO[C@H]([C@@H](OC)C(=O)Nc2ccccc2)[C@@H]1O. The van der Waals surface area contributed by atoms with Gasteiger partial charge in [0.15, 0.2) is 6.10 Å². The van der Waals surface area contributed by atoms with Crippen molar-refractivity contribution in [1.82, 2.24) is 0 Å². The Balaban J connectivity index is 2.03. The van der Waals surface area contributed by atoms with E-state index in [9.17, 15) is 9.90 Å². The summed E-state index contributed by atoms with van der Waals surface area (Å²) in [7, 11) is 2.90. The summed E-state index contributed by atoms with van der Waals surface area (Å²) < 4.78 is 15.7. The molecule has 1 heterocycles. The Bertz CT molecular complexity index is 438. The highest BCUT2D eigenvalue weighted by Gasteiger charge is 2.44. The third-order valence-corrected chi connectivity index (χ3v) is 3.33. The summed E-state index contributed by atoms with van der Waals surface area (Å²) in [6.07, 6.45) is -2.98. The molecule has 0 saturated carbocycles. The number of benzene rings is 1. The van der Waals surface area contributed by atoms with Crippen LogP contribution in [0.25, 0.3) is 0 Å². The highest BCUT2D eigenvalue weighted by Crippen LogP contribution is 2.22. The molecule has 0 aromatic heterocycles. The highest BCUT2D eigenvalue weighted by molar-refractivity contribution is 5.94. The van der Waals surface area contributed by atoms with E-state index in [1.807, 2.05) is 18.2 Å². The standard InChI is InChI=1S/C14H19NO5/c1-18-10-8-20-12(11(10)16)13(19-2)14(17)15-9-6-4-3-5-7-9/h3-7,10-13,16H,8H2,1-2H3,(H,15,17)/t10-,11-,12+,13-/m1/s1. The lowest BCUT2D eigenvalue weighted by molar-refractivity contribution is -0.137. The third kappa shape index (κ3) is 3.16. The molecule has 0 unspecified atom stereocenters. The van der Waals surface area contributed by atoms with Crippen molar-refractivity contribution in [3.8, 4) is 0 Å². The topological polar surface area (TPSA) is 77.0 Å². The predicted molar refractivity (Wildman–Crippen MR) is 72.4 cm³/mol. The van der Waals surface area contributed by atoms with Crippen molar-refractivity contribution in [3.05, 3.63) is 30.3 Å². The fourth-order valence-electron chi connectivity index (χ4n) is 2.21. The van der Waals surface area contributed by atoms with E-state index in [0.717, 1.165) is 0 Å². The fraction of sp³-hybridized carbons (Fsp3) is 0.500. The Kier molecular flexibility index (Phi) is 5.08. The van der Waals surface area contributed by atoms with E-state index in [1.54, 1.807) is 12.1 Å². The van der Waals surface area contributed by atoms with Gasteiger partial charge in [-0.25, -0.2) is 0 Å². The monoisotopic (exact) mass is 281 g/mol. The van der Waals surface area contributed by atoms with Crippen molar-refractivity contribution in [1.29, 1.82) is 0 Å². The molecule has 1 saturated heterocycles. The Morgan fingerprint density at radius 3 is 2.65 bits per heavy atom. The van der Waals surface area contributed by atoms with Crippen molar-refractivity contribution in [2.24, 2.45) is 0 Å². The Morgan fingerprint density at radius 1 is 1.40 bits per heavy atom. The summed E-state index contributed by atoms with van der Waals surface area (Å²) in [6, 6.07) is 9.04. The zero-order valence-electron chi connectivity index (χ0n) is 11.5. The molecule has 0 spiro atoms. The summed E-state index contributed by atoms with van der Waals surface area (Å²) in [5.74, 6) is -0.362. The molecular weight excluding hydrogens is 262 g/mol. The number of aliphatic hydroxyl groups is 1. The second-order valence-electron chi connectivity index (χ2n) is 4.57. The van der Waals surface area contributed by atoms with Crippen LogP contribution in [0.2, 0.25) is 0 Å². The van der Waals surface area contributed by atoms with Crippen LogP contribution in [-0.4, -0.2) is 56.3 Å². The molecule has 20 heavy (non-hydrogen) atoms. The minimum atomic E-state index is -0.898. The summed E-state index contributed by atoms with van der Waals surface area (Å²) in [6.45, 7) is 0.237. The number of carbonyl (C=O) groups is 1. The average molecular weight is 281 g/mol. The zero-order valence-corrected chi connectivity index (χ0v) is 11.5. The number of nitrogens with one attached hydrogen (secondary N) is 1. The van der Waals surface area contributed by atoms with Gasteiger partial charge in [-0.05, 0) is 12.1 Å². The van der Waals surface area contributed by atoms with E-state index >= 15 is 0 Å². The van der Waals surface area contributed by atoms with Gasteiger partial charge in [0, 0.05) is 19.9 Å². The van der Waals surface area contributed by atoms with Gasteiger partial charge < -0.3 is 24.6 Å². The van der Waals surface area contributed by atoms with Crippen molar-refractivity contribution in [2.75, 3.05) is 26.1 Å². The van der Waals surface area contributed by atoms with Crippen LogP contribution in [0.3, 0.4) is 0 Å². The van der Waals surface area contributed by atoms with Crippen LogP contribution in [0.4, 0.5) is 5.69 Å². The Hall–Kier alpha value is -1.47. The molecule has 2 rings (SSSR count). The number of aliphatic hydroxyl groups excluding tert-OH is 1. The van der Waals surface area contributed by atoms with Crippen molar-refractivity contribution in [3.63, 3.8) is 0 Å². The maximum Gasteiger partial charge on any atom is 0.256 e. The first-order chi connectivity index (χ1) is 9.67. The molecule has 1 aromatic rings. The lowest BCUT2D eigenvalue weighted by Gasteiger charge is -2.24. The average Bonchev–Trinajstić information content (AvgIpc) is 2.82. The number of carbonyl (C=O) groups excluding carboxylic acids is 1. The van der Waals surface area contributed by atoms with Crippen LogP contribution in [0.5, 0.6) is 0 Å². The number of methoxy groups -OCH3 is 2. The summed E-state index contributed by atoms with van der Waals surface area (Å²) in [5, 5.41) is 12.8. The van der Waals surface area contributed by atoms with Crippen LogP contribution >= 0.6 is 0 Å². The number of rotatable bonds is 5. The molecule has 0 aliphatic carbocycles. The summed E-state index contributed by atoms with van der Waals surface area (Å²) in [4.78, 5) is 12.2. The van der Waals surface area contributed by atoms with Crippen molar-refractivity contribution < 1.29 is 24.1 Å². The van der Waals surface area contributed by atoms with Crippen LogP contribution in [0.15, 0.2) is 30.3 Å². The van der Waals surface area contributed by atoms with Gasteiger partial charge in [-0.15, -0.1) is 0 Å². The minimum Gasteiger partial charge on any atom is -0.387 e. The maximum atomic E-state index is 12.2. The first kappa shape index (κ1) is 14.9. The molecule has 0 bridgehead atoms. The van der Waals surface area contributed by atoms with Gasteiger partial charge in [-0.3, -0.25) is 4.79 Å². The van der Waals surface area contributed by atoms with Gasteiger partial charge in [0.1, 0.15) is 18.3 Å². The number of para-hydroxylation sites is 1. The maximum absolute atomic E-state index is 12.2. The number of amides is 1. The van der Waals surface area contributed by atoms with E-state index in [2.05, 4.69) is 5.32 Å². The normalized spacial score (nSPS) is 27.2. The van der Waals surface area contributed by atoms with E-state index in [-0.39, 0.29) is 12.5 Å². The van der Waals surface area contributed by atoms with E-state index in [1.165, 1.54) is 14.2 Å². The largest absolute Gasteiger partial charge is 0.387 e. The highest BCUT2D eigenvalue weighted by atomic mass is 16.6. The zero-order chi connectivity index (χ0) is 14.5. The molecule has 1 amide bonds. The molecule has 1 aliphatic rings. The fourth-order valence-corrected chi connectivity index (χ4v) is 2.21. The smallest absolute Gasteiger partial charge is 0.256 e. The Morgan fingerprint density at radius 2 is 2.10 bits per heavy atom. The van der Waals surface area contributed by atoms with E-state index in [0.29, 0.717) is 5.69 Å². The van der Waals surface area contributed by atoms with Crippen molar-refractivity contribution in [2.45, 2.75) is 24.4 Å². The molecule has 1 aliphatic heterocycles. The van der Waals surface area contributed by atoms with Crippen LogP contribution in [0, 0.1) is 0 Å². The molecule has 6 nitrogen and oxygen atoms in total. The van der Waals surface area contributed by atoms with Gasteiger partial charge in [-0.2, -0.15) is 0 Å². The van der Waals surface area contributed by atoms with Crippen LogP contribution < -0.4 is 5.32 Å². The first-order valence-corrected chi connectivity index (χ1v) is 6.38. The molecule has 2 N–H and O–H groups in total. The molecule has 4 atom stereocenters. The van der Waals surface area contributed by atoms with Gasteiger partial charge >= 0.3 is 0 Å². The molecule has 1 aromatic carbocycles. The number of hydrogen-bond acceptors (Lipinski definition) is 5. The Labute approximate surface area is 117 Å². The second-order valence-corrected chi connectivity index (χ2v) is 4.57. The number of anilines is 1. The summed E-state index contributed by atoms with van der Waals surface area (Å²) in [5.41, 5.74) is 0.662. The van der Waals surface area contributed by atoms with Crippen molar-refractivity contribution >= 4 is 11.6 Å². The predicted octanol–water partition coefficient (Wildman–Crippen LogP) is 0.415. The molecule has 1 fully saturated rings. The van der Waals surface area contributed by atoms with E-state index in [4.69, 9.17) is 14.2 Å². The second kappa shape index (κ2) is 6.81. The van der Waals surface area contributed by atoms with Gasteiger partial charge in [-0.1, -0.05) is 18.2 Å². The molecule has 110 valence electrons. The molecule has 6 heteroatoms. The number of hydrogen-bond donors (Lipinski definition) is 2. The lowest BCUT2D eigenvalue weighted by Crippen LogP contribution is -2.46. The van der Waals surface area contributed by atoms with E-state index < -0.39 is 24.4 Å². The van der Waals surface area contributed by atoms with Gasteiger partial charge in [0.25, 0.3) is 5.91 Å². The summed E-state index contributed by atoms with van der Waals surface area (Å²) >= 11 is 0. The van der Waals surface area contributed by atoms with Gasteiger partial charge in [0.2, 0.25) is 0 Å². The quantitative estimate of drug-likeness (QED) is 0.817. The van der Waals surface area contributed by atoms with Crippen LogP contribution in [0.1, 0.15) is 0 Å². The first-order valence-electron chi connectivity index (χ1n) is 6.38.